The number of nitrogens with one attached hydrogen (secondary N) is 1. The third kappa shape index (κ3) is 3.88. The molecule has 2 aromatic rings. The highest BCUT2D eigenvalue weighted by atomic mass is 16.5. The van der Waals surface area contributed by atoms with Crippen LogP contribution in [0.2, 0.25) is 0 Å². The molecule has 0 unspecified atom stereocenters. The quantitative estimate of drug-likeness (QED) is 0.785. The van der Waals surface area contributed by atoms with Crippen molar-refractivity contribution in [2.45, 2.75) is 19.8 Å². The van der Waals surface area contributed by atoms with Crippen molar-refractivity contribution in [3.63, 3.8) is 0 Å². The van der Waals surface area contributed by atoms with Crippen LogP contribution in [0.15, 0.2) is 28.8 Å². The summed E-state index contributed by atoms with van der Waals surface area (Å²) < 4.78 is 15.8. The standard InChI is InChI=1S/C14H19N3O3/c1-10(2)13-16-14(20-17-13)15-7-8-19-12-6-4-5-11(9-12)18-3/h4-6,9-10H,7-8H2,1-3H3,(H,15,16,17). The van der Waals surface area contributed by atoms with Gasteiger partial charge in [-0.05, 0) is 12.1 Å². The minimum Gasteiger partial charge on any atom is -0.497 e. The van der Waals surface area contributed by atoms with Crippen LogP contribution in [0, 0.1) is 0 Å². The molecule has 0 aliphatic carbocycles. The molecular formula is C14H19N3O3. The molecule has 0 atom stereocenters. The second-order valence-corrected chi connectivity index (χ2v) is 4.57. The molecule has 1 N–H and O–H groups in total. The Balaban J connectivity index is 1.75. The van der Waals surface area contributed by atoms with Crippen molar-refractivity contribution in [3.05, 3.63) is 30.1 Å². The summed E-state index contributed by atoms with van der Waals surface area (Å²) in [5, 5.41) is 6.89. The zero-order valence-electron chi connectivity index (χ0n) is 11.9. The number of benzene rings is 1. The molecule has 6 heteroatoms. The number of ether oxygens (including phenoxy) is 2. The zero-order chi connectivity index (χ0) is 14.4. The van der Waals surface area contributed by atoms with Crippen LogP contribution < -0.4 is 14.8 Å². The topological polar surface area (TPSA) is 69.4 Å². The number of methoxy groups -OCH3 is 1. The third-order valence-electron chi connectivity index (χ3n) is 2.65. The molecule has 2 rings (SSSR count). The van der Waals surface area contributed by atoms with E-state index in [9.17, 15) is 0 Å². The molecule has 0 saturated heterocycles. The molecular weight excluding hydrogens is 258 g/mol. The van der Waals surface area contributed by atoms with Gasteiger partial charge in [0.15, 0.2) is 5.82 Å². The van der Waals surface area contributed by atoms with Crippen molar-refractivity contribution in [1.82, 2.24) is 10.1 Å². The summed E-state index contributed by atoms with van der Waals surface area (Å²) in [7, 11) is 1.63. The summed E-state index contributed by atoms with van der Waals surface area (Å²) in [6.07, 6.45) is 0. The minimum atomic E-state index is 0.252. The van der Waals surface area contributed by atoms with Gasteiger partial charge < -0.3 is 19.3 Å². The van der Waals surface area contributed by atoms with Crippen LogP contribution in [0.3, 0.4) is 0 Å². The Morgan fingerprint density at radius 1 is 1.30 bits per heavy atom. The average Bonchev–Trinajstić information content (AvgIpc) is 2.93. The molecule has 0 aliphatic heterocycles. The number of nitrogens with zero attached hydrogens (tertiary/aromatic N) is 2. The third-order valence-corrected chi connectivity index (χ3v) is 2.65. The highest BCUT2D eigenvalue weighted by Gasteiger charge is 2.08. The summed E-state index contributed by atoms with van der Waals surface area (Å²) in [4.78, 5) is 4.22. The molecule has 1 heterocycles. The van der Waals surface area contributed by atoms with Gasteiger partial charge in [-0.1, -0.05) is 25.1 Å². The van der Waals surface area contributed by atoms with E-state index in [1.165, 1.54) is 0 Å². The van der Waals surface area contributed by atoms with E-state index in [1.54, 1.807) is 7.11 Å². The molecule has 0 aliphatic rings. The summed E-state index contributed by atoms with van der Waals surface area (Å²) >= 11 is 0. The molecule has 0 radical (unpaired) electrons. The van der Waals surface area contributed by atoms with E-state index in [0.717, 1.165) is 11.5 Å². The lowest BCUT2D eigenvalue weighted by Crippen LogP contribution is -2.11. The van der Waals surface area contributed by atoms with Crippen LogP contribution in [0.25, 0.3) is 0 Å². The predicted octanol–water partition coefficient (Wildman–Crippen LogP) is 2.69. The molecule has 0 bridgehead atoms. The first-order valence-electron chi connectivity index (χ1n) is 6.53. The monoisotopic (exact) mass is 277 g/mol. The van der Waals surface area contributed by atoms with Crippen LogP contribution in [0.5, 0.6) is 11.5 Å². The minimum absolute atomic E-state index is 0.252. The zero-order valence-corrected chi connectivity index (χ0v) is 11.9. The molecule has 0 amide bonds. The molecule has 0 fully saturated rings. The largest absolute Gasteiger partial charge is 0.497 e. The molecule has 1 aromatic heterocycles. The van der Waals surface area contributed by atoms with Gasteiger partial charge in [-0.25, -0.2) is 0 Å². The Morgan fingerprint density at radius 3 is 2.80 bits per heavy atom. The van der Waals surface area contributed by atoms with Gasteiger partial charge in [-0.3, -0.25) is 0 Å². The van der Waals surface area contributed by atoms with Gasteiger partial charge >= 0.3 is 6.01 Å². The van der Waals surface area contributed by atoms with E-state index in [1.807, 2.05) is 38.1 Å². The van der Waals surface area contributed by atoms with Gasteiger partial charge in [0.25, 0.3) is 0 Å². The first kappa shape index (κ1) is 14.2. The smallest absolute Gasteiger partial charge is 0.321 e. The number of anilines is 1. The predicted molar refractivity (Wildman–Crippen MR) is 75.4 cm³/mol. The van der Waals surface area contributed by atoms with Gasteiger partial charge in [0, 0.05) is 12.0 Å². The van der Waals surface area contributed by atoms with E-state index in [0.29, 0.717) is 25.0 Å². The van der Waals surface area contributed by atoms with Crippen molar-refractivity contribution in [2.24, 2.45) is 0 Å². The Kier molecular flexibility index (Phi) is 4.81. The summed E-state index contributed by atoms with van der Waals surface area (Å²) in [5.41, 5.74) is 0. The summed E-state index contributed by atoms with van der Waals surface area (Å²) in [5.74, 6) is 2.48. The fourth-order valence-electron chi connectivity index (χ4n) is 1.56. The maximum atomic E-state index is 5.59. The Bertz CT molecular complexity index is 540. The van der Waals surface area contributed by atoms with Gasteiger partial charge in [-0.15, -0.1) is 0 Å². The average molecular weight is 277 g/mol. The Hall–Kier alpha value is -2.24. The van der Waals surface area contributed by atoms with E-state index >= 15 is 0 Å². The summed E-state index contributed by atoms with van der Waals surface area (Å²) in [6, 6.07) is 7.89. The lowest BCUT2D eigenvalue weighted by molar-refractivity contribution is 0.326. The summed E-state index contributed by atoms with van der Waals surface area (Å²) in [6.45, 7) is 5.10. The van der Waals surface area contributed by atoms with Crippen molar-refractivity contribution >= 4 is 6.01 Å². The van der Waals surface area contributed by atoms with Crippen LogP contribution >= 0.6 is 0 Å². The van der Waals surface area contributed by atoms with E-state index in [2.05, 4.69) is 15.5 Å². The van der Waals surface area contributed by atoms with Gasteiger partial charge in [0.05, 0.1) is 13.7 Å². The van der Waals surface area contributed by atoms with Crippen LogP contribution in [0.1, 0.15) is 25.6 Å². The number of hydrogen-bond donors (Lipinski definition) is 1. The Labute approximate surface area is 118 Å². The van der Waals surface area contributed by atoms with Crippen molar-refractivity contribution in [1.29, 1.82) is 0 Å². The van der Waals surface area contributed by atoms with E-state index < -0.39 is 0 Å². The first-order valence-corrected chi connectivity index (χ1v) is 6.53. The highest BCUT2D eigenvalue weighted by Crippen LogP contribution is 2.18. The van der Waals surface area contributed by atoms with Gasteiger partial charge in [-0.2, -0.15) is 4.98 Å². The van der Waals surface area contributed by atoms with Gasteiger partial charge in [0.1, 0.15) is 18.1 Å². The van der Waals surface area contributed by atoms with Crippen molar-refractivity contribution < 1.29 is 14.0 Å². The second kappa shape index (κ2) is 6.79. The first-order chi connectivity index (χ1) is 9.69. The van der Waals surface area contributed by atoms with Crippen LogP contribution in [0.4, 0.5) is 6.01 Å². The lowest BCUT2D eigenvalue weighted by atomic mass is 10.2. The maximum Gasteiger partial charge on any atom is 0.321 e. The molecule has 0 saturated carbocycles. The number of hydrogen-bond acceptors (Lipinski definition) is 6. The SMILES string of the molecule is COc1cccc(OCCNc2nc(C(C)C)no2)c1. The Morgan fingerprint density at radius 2 is 2.10 bits per heavy atom. The van der Waals surface area contributed by atoms with E-state index in [-0.39, 0.29) is 5.92 Å². The number of aromatic nitrogens is 2. The normalized spacial score (nSPS) is 10.6. The fraction of sp³-hybridized carbons (Fsp3) is 0.429. The molecule has 6 nitrogen and oxygen atoms in total. The fourth-order valence-corrected chi connectivity index (χ4v) is 1.56. The molecule has 1 aromatic carbocycles. The van der Waals surface area contributed by atoms with Crippen molar-refractivity contribution in [3.8, 4) is 11.5 Å². The highest BCUT2D eigenvalue weighted by molar-refractivity contribution is 5.32. The van der Waals surface area contributed by atoms with Gasteiger partial charge in [0.2, 0.25) is 0 Å². The van der Waals surface area contributed by atoms with Crippen LogP contribution in [-0.4, -0.2) is 30.4 Å². The maximum absolute atomic E-state index is 5.59. The van der Waals surface area contributed by atoms with Crippen LogP contribution in [-0.2, 0) is 0 Å². The molecule has 0 spiro atoms. The molecule has 108 valence electrons. The second-order valence-electron chi connectivity index (χ2n) is 4.57. The lowest BCUT2D eigenvalue weighted by Gasteiger charge is -2.07. The van der Waals surface area contributed by atoms with E-state index in [4.69, 9.17) is 14.0 Å². The van der Waals surface area contributed by atoms with Crippen molar-refractivity contribution in [2.75, 3.05) is 25.6 Å². The molecule has 20 heavy (non-hydrogen) atoms. The number of rotatable bonds is 7.